The van der Waals surface area contributed by atoms with Crippen LogP contribution in [0.25, 0.3) is 11.1 Å². The fourth-order valence-corrected chi connectivity index (χ4v) is 4.56. The number of nitrogens with zero attached hydrogens (tertiary/aromatic N) is 3. The minimum absolute atomic E-state index is 0.0336. The van der Waals surface area contributed by atoms with Crippen molar-refractivity contribution in [2.45, 2.75) is 32.6 Å². The molecule has 1 atom stereocenters. The molecule has 1 N–H and O–H groups in total. The van der Waals surface area contributed by atoms with Gasteiger partial charge in [0.15, 0.2) is 0 Å². The van der Waals surface area contributed by atoms with Crippen LogP contribution in [0.4, 0.5) is 0 Å². The van der Waals surface area contributed by atoms with Gasteiger partial charge in [-0.3, -0.25) is 19.6 Å². The minimum Gasteiger partial charge on any atom is -0.356 e. The summed E-state index contributed by atoms with van der Waals surface area (Å²) in [6.45, 7) is 3.74. The van der Waals surface area contributed by atoms with E-state index in [9.17, 15) is 9.59 Å². The molecular weight excluding hydrogens is 412 g/mol. The summed E-state index contributed by atoms with van der Waals surface area (Å²) in [6, 6.07) is 15.9. The molecule has 2 amide bonds. The number of piperidine rings is 1. The highest BCUT2D eigenvalue weighted by Gasteiger charge is 2.43. The average molecular weight is 443 g/mol. The van der Waals surface area contributed by atoms with Gasteiger partial charge in [0.05, 0.1) is 11.0 Å². The third kappa shape index (κ3) is 5.28. The van der Waals surface area contributed by atoms with Crippen LogP contribution in [0, 0.1) is 5.41 Å². The van der Waals surface area contributed by atoms with E-state index in [1.54, 1.807) is 36.9 Å². The van der Waals surface area contributed by atoms with Gasteiger partial charge in [-0.15, -0.1) is 0 Å². The van der Waals surface area contributed by atoms with E-state index in [1.807, 2.05) is 24.0 Å². The summed E-state index contributed by atoms with van der Waals surface area (Å²) in [5.41, 5.74) is 3.23. The first kappa shape index (κ1) is 22.6. The Labute approximate surface area is 195 Å². The number of nitrogens with one attached hydrogen (secondary N) is 1. The van der Waals surface area contributed by atoms with Crippen molar-refractivity contribution in [2.75, 3.05) is 19.6 Å². The van der Waals surface area contributed by atoms with E-state index >= 15 is 0 Å². The molecule has 0 radical (unpaired) electrons. The predicted molar refractivity (Wildman–Crippen MR) is 128 cm³/mol. The highest BCUT2D eigenvalue weighted by atomic mass is 16.2. The number of pyridine rings is 2. The SMILES string of the molecule is CCCNC(=O)C1(Cc2ccc(-c3ccncc3)cc2)CCCN(C(=O)c2cccnc2)C1. The van der Waals surface area contributed by atoms with Crippen molar-refractivity contribution in [3.8, 4) is 11.1 Å². The van der Waals surface area contributed by atoms with E-state index in [2.05, 4.69) is 39.6 Å². The van der Waals surface area contributed by atoms with Gasteiger partial charge in [0.2, 0.25) is 5.91 Å². The number of amides is 2. The lowest BCUT2D eigenvalue weighted by molar-refractivity contribution is -0.133. The Balaban J connectivity index is 1.58. The van der Waals surface area contributed by atoms with Gasteiger partial charge in [-0.05, 0) is 66.6 Å². The lowest BCUT2D eigenvalue weighted by atomic mass is 9.74. The van der Waals surface area contributed by atoms with Crippen LogP contribution in [0.3, 0.4) is 0 Å². The van der Waals surface area contributed by atoms with E-state index in [0.29, 0.717) is 31.6 Å². The van der Waals surface area contributed by atoms with Crippen molar-refractivity contribution >= 4 is 11.8 Å². The van der Waals surface area contributed by atoms with Crippen LogP contribution in [-0.4, -0.2) is 46.3 Å². The molecule has 3 heterocycles. The molecule has 0 bridgehead atoms. The molecule has 1 fully saturated rings. The number of carbonyl (C=O) groups excluding carboxylic acids is 2. The largest absolute Gasteiger partial charge is 0.356 e. The van der Waals surface area contributed by atoms with Gasteiger partial charge in [-0.1, -0.05) is 31.2 Å². The summed E-state index contributed by atoms with van der Waals surface area (Å²) in [7, 11) is 0. The molecule has 1 saturated heterocycles. The number of rotatable bonds is 7. The molecule has 1 unspecified atom stereocenters. The molecule has 6 nitrogen and oxygen atoms in total. The summed E-state index contributed by atoms with van der Waals surface area (Å²) in [4.78, 5) is 36.5. The van der Waals surface area contributed by atoms with Gasteiger partial charge in [0, 0.05) is 44.4 Å². The molecule has 1 aliphatic heterocycles. The van der Waals surface area contributed by atoms with Gasteiger partial charge in [-0.25, -0.2) is 0 Å². The molecule has 2 aromatic heterocycles. The van der Waals surface area contributed by atoms with Crippen LogP contribution in [-0.2, 0) is 11.2 Å². The molecular formula is C27H30N4O2. The van der Waals surface area contributed by atoms with Crippen molar-refractivity contribution in [1.29, 1.82) is 0 Å². The molecule has 1 aromatic carbocycles. The van der Waals surface area contributed by atoms with E-state index in [4.69, 9.17) is 0 Å². The van der Waals surface area contributed by atoms with Crippen molar-refractivity contribution in [3.63, 3.8) is 0 Å². The number of hydrogen-bond acceptors (Lipinski definition) is 4. The second kappa shape index (κ2) is 10.4. The second-order valence-electron chi connectivity index (χ2n) is 8.72. The molecule has 170 valence electrons. The third-order valence-electron chi connectivity index (χ3n) is 6.30. The summed E-state index contributed by atoms with van der Waals surface area (Å²) in [6.07, 6.45) is 9.83. The van der Waals surface area contributed by atoms with Crippen LogP contribution < -0.4 is 5.32 Å². The Morgan fingerprint density at radius 3 is 2.45 bits per heavy atom. The monoisotopic (exact) mass is 442 g/mol. The average Bonchev–Trinajstić information content (AvgIpc) is 2.88. The van der Waals surface area contributed by atoms with Gasteiger partial charge in [-0.2, -0.15) is 0 Å². The number of carbonyl (C=O) groups is 2. The van der Waals surface area contributed by atoms with E-state index < -0.39 is 5.41 Å². The normalized spacial score (nSPS) is 18.0. The molecule has 3 aromatic rings. The number of likely N-dealkylation sites (tertiary alicyclic amines) is 1. The standard InChI is InChI=1S/C27H30N4O2/c1-2-13-30-26(33)27(12-4-17-31(20-27)25(32)24-5-3-14-29-19-24)18-21-6-8-22(9-7-21)23-10-15-28-16-11-23/h3,5-11,14-16,19H,2,4,12-13,17-18,20H2,1H3,(H,30,33). The molecule has 1 aliphatic rings. The van der Waals surface area contributed by atoms with Crippen molar-refractivity contribution in [2.24, 2.45) is 5.41 Å². The molecule has 6 heteroatoms. The predicted octanol–water partition coefficient (Wildman–Crippen LogP) is 4.13. The van der Waals surface area contributed by atoms with Crippen molar-refractivity contribution < 1.29 is 9.59 Å². The Morgan fingerprint density at radius 1 is 1.00 bits per heavy atom. The lowest BCUT2D eigenvalue weighted by Crippen LogP contribution is -2.54. The zero-order chi connectivity index (χ0) is 23.1. The number of benzene rings is 1. The Bertz CT molecular complexity index is 1070. The zero-order valence-corrected chi connectivity index (χ0v) is 19.0. The molecule has 0 spiro atoms. The van der Waals surface area contributed by atoms with E-state index in [0.717, 1.165) is 36.0 Å². The smallest absolute Gasteiger partial charge is 0.255 e. The Hall–Kier alpha value is -3.54. The maximum atomic E-state index is 13.4. The highest BCUT2D eigenvalue weighted by molar-refractivity contribution is 5.94. The topological polar surface area (TPSA) is 75.2 Å². The molecule has 0 aliphatic carbocycles. The van der Waals surface area contributed by atoms with E-state index in [-0.39, 0.29) is 11.8 Å². The van der Waals surface area contributed by atoms with Crippen LogP contribution in [0.15, 0.2) is 73.3 Å². The van der Waals surface area contributed by atoms with Crippen molar-refractivity contribution in [3.05, 3.63) is 84.4 Å². The van der Waals surface area contributed by atoms with Crippen LogP contribution >= 0.6 is 0 Å². The van der Waals surface area contributed by atoms with Gasteiger partial charge in [0.1, 0.15) is 0 Å². The summed E-state index contributed by atoms with van der Waals surface area (Å²) >= 11 is 0. The van der Waals surface area contributed by atoms with E-state index in [1.165, 1.54) is 0 Å². The van der Waals surface area contributed by atoms with Crippen LogP contribution in [0.5, 0.6) is 0 Å². The van der Waals surface area contributed by atoms with Crippen LogP contribution in [0.2, 0.25) is 0 Å². The number of hydrogen-bond donors (Lipinski definition) is 1. The molecule has 33 heavy (non-hydrogen) atoms. The van der Waals surface area contributed by atoms with Gasteiger partial charge in [0.25, 0.3) is 5.91 Å². The van der Waals surface area contributed by atoms with Gasteiger partial charge >= 0.3 is 0 Å². The maximum Gasteiger partial charge on any atom is 0.255 e. The third-order valence-corrected chi connectivity index (χ3v) is 6.30. The quantitative estimate of drug-likeness (QED) is 0.597. The summed E-state index contributed by atoms with van der Waals surface area (Å²) in [5, 5.41) is 3.10. The summed E-state index contributed by atoms with van der Waals surface area (Å²) in [5.74, 6) is -0.0326. The Kier molecular flexibility index (Phi) is 7.13. The fourth-order valence-electron chi connectivity index (χ4n) is 4.56. The minimum atomic E-state index is -0.649. The molecule has 0 saturated carbocycles. The van der Waals surface area contributed by atoms with Crippen LogP contribution in [0.1, 0.15) is 42.1 Å². The second-order valence-corrected chi connectivity index (χ2v) is 8.72. The first-order chi connectivity index (χ1) is 16.1. The maximum absolute atomic E-state index is 13.4. The summed E-state index contributed by atoms with van der Waals surface area (Å²) < 4.78 is 0. The lowest BCUT2D eigenvalue weighted by Gasteiger charge is -2.42. The first-order valence-corrected chi connectivity index (χ1v) is 11.6. The number of aromatic nitrogens is 2. The Morgan fingerprint density at radius 2 is 1.76 bits per heavy atom. The zero-order valence-electron chi connectivity index (χ0n) is 19.0. The fraction of sp³-hybridized carbons (Fsp3) is 0.333. The van der Waals surface area contributed by atoms with Crippen molar-refractivity contribution in [1.82, 2.24) is 20.2 Å². The molecule has 4 rings (SSSR count). The highest BCUT2D eigenvalue weighted by Crippen LogP contribution is 2.35. The first-order valence-electron chi connectivity index (χ1n) is 11.6. The van der Waals surface area contributed by atoms with Gasteiger partial charge < -0.3 is 10.2 Å².